The lowest BCUT2D eigenvalue weighted by Gasteiger charge is -2.08. The molecule has 2 heterocycles. The zero-order chi connectivity index (χ0) is 18.8. The van der Waals surface area contributed by atoms with E-state index in [2.05, 4.69) is 0 Å². The second kappa shape index (κ2) is 7.04. The number of rotatable bonds is 5. The molecule has 0 atom stereocenters. The highest BCUT2D eigenvalue weighted by atomic mass is 16.1. The van der Waals surface area contributed by atoms with Crippen molar-refractivity contribution >= 4 is 17.6 Å². The van der Waals surface area contributed by atoms with Gasteiger partial charge in [0.15, 0.2) is 12.1 Å². The molecule has 4 rings (SSSR count). The van der Waals surface area contributed by atoms with E-state index in [4.69, 9.17) is 0 Å². The van der Waals surface area contributed by atoms with Gasteiger partial charge in [-0.2, -0.15) is 0 Å². The molecular weight excluding hydrogens is 334 g/mol. The highest BCUT2D eigenvalue weighted by molar-refractivity contribution is 6.02. The molecule has 0 N–H and O–H groups in total. The van der Waals surface area contributed by atoms with E-state index < -0.39 is 0 Å². The first-order valence-electron chi connectivity index (χ1n) is 8.91. The number of aldehydes is 1. The summed E-state index contributed by atoms with van der Waals surface area (Å²) in [6.07, 6.45) is 3.07. The van der Waals surface area contributed by atoms with Gasteiger partial charge >= 0.3 is 0 Å². The average molecular weight is 353 g/mol. The molecule has 0 radical (unpaired) electrons. The number of aryl methyl sites for hydroxylation is 1. The second-order valence-corrected chi connectivity index (χ2v) is 6.64. The number of ketones is 1. The van der Waals surface area contributed by atoms with Crippen molar-refractivity contribution in [3.05, 3.63) is 101 Å². The minimum absolute atomic E-state index is 0.0326. The first-order chi connectivity index (χ1) is 13.2. The molecule has 0 amide bonds. The number of benzene rings is 2. The van der Waals surface area contributed by atoms with Gasteiger partial charge in [-0.05, 0) is 30.2 Å². The first-order valence-corrected chi connectivity index (χ1v) is 8.91. The number of aromatic nitrogens is 1. The van der Waals surface area contributed by atoms with Crippen LogP contribution in [0.2, 0.25) is 0 Å². The van der Waals surface area contributed by atoms with Crippen LogP contribution in [0.4, 0.5) is 0 Å². The predicted molar refractivity (Wildman–Crippen MR) is 107 cm³/mol. The Bertz CT molecular complexity index is 1130. The van der Waals surface area contributed by atoms with Crippen LogP contribution in [0.5, 0.6) is 0 Å². The summed E-state index contributed by atoms with van der Waals surface area (Å²) in [5, 5.41) is 0. The Balaban J connectivity index is 1.95. The summed E-state index contributed by atoms with van der Waals surface area (Å²) >= 11 is 0. The van der Waals surface area contributed by atoms with Crippen LogP contribution in [0.25, 0.3) is 16.6 Å². The Labute approximate surface area is 157 Å². The van der Waals surface area contributed by atoms with Gasteiger partial charge in [0.25, 0.3) is 0 Å². The van der Waals surface area contributed by atoms with E-state index in [1.165, 1.54) is 0 Å². The maximum Gasteiger partial charge on any atom is 0.168 e. The number of fused-ring (bicyclic) bond motifs is 1. The zero-order valence-corrected chi connectivity index (χ0v) is 15.1. The Hall–Kier alpha value is -3.46. The van der Waals surface area contributed by atoms with Crippen LogP contribution in [0.15, 0.2) is 79.0 Å². The lowest BCUT2D eigenvalue weighted by molar-refractivity contribution is 0.0991. The number of carbonyl (C=O) groups excluding carboxylic acids is 2. The quantitative estimate of drug-likeness (QED) is 0.367. The lowest BCUT2D eigenvalue weighted by atomic mass is 9.97. The monoisotopic (exact) mass is 353 g/mol. The molecule has 2 aromatic heterocycles. The summed E-state index contributed by atoms with van der Waals surface area (Å²) in [5.41, 5.74) is 5.82. The van der Waals surface area contributed by atoms with Crippen molar-refractivity contribution in [3.8, 4) is 11.1 Å². The van der Waals surface area contributed by atoms with Gasteiger partial charge < -0.3 is 4.40 Å². The lowest BCUT2D eigenvalue weighted by Crippen LogP contribution is -2.07. The van der Waals surface area contributed by atoms with Crippen molar-refractivity contribution < 1.29 is 9.59 Å². The Morgan fingerprint density at radius 2 is 1.63 bits per heavy atom. The molecular formula is C24H19NO2. The van der Waals surface area contributed by atoms with Crippen LogP contribution in [0, 0.1) is 6.92 Å². The zero-order valence-electron chi connectivity index (χ0n) is 15.1. The average Bonchev–Trinajstić information content (AvgIpc) is 3.01. The summed E-state index contributed by atoms with van der Waals surface area (Å²) < 4.78 is 1.97. The molecule has 0 unspecified atom stereocenters. The molecule has 0 fully saturated rings. The highest BCUT2D eigenvalue weighted by Gasteiger charge is 2.21. The van der Waals surface area contributed by atoms with E-state index in [0.717, 1.165) is 34.2 Å². The molecule has 27 heavy (non-hydrogen) atoms. The smallest absolute Gasteiger partial charge is 0.168 e. The van der Waals surface area contributed by atoms with Crippen molar-refractivity contribution in [2.45, 2.75) is 13.3 Å². The van der Waals surface area contributed by atoms with E-state index in [9.17, 15) is 9.59 Å². The van der Waals surface area contributed by atoms with Gasteiger partial charge in [-0.3, -0.25) is 9.59 Å². The molecule has 3 heteroatoms. The van der Waals surface area contributed by atoms with Crippen molar-refractivity contribution in [2.24, 2.45) is 0 Å². The summed E-state index contributed by atoms with van der Waals surface area (Å²) in [6.45, 7) is 2.00. The van der Waals surface area contributed by atoms with Gasteiger partial charge in [-0.1, -0.05) is 60.7 Å². The molecule has 2 aromatic carbocycles. The van der Waals surface area contributed by atoms with Crippen LogP contribution >= 0.6 is 0 Å². The van der Waals surface area contributed by atoms with Crippen molar-refractivity contribution in [3.63, 3.8) is 0 Å². The third-order valence-electron chi connectivity index (χ3n) is 4.84. The third kappa shape index (κ3) is 3.08. The maximum atomic E-state index is 12.9. The Kier molecular flexibility index (Phi) is 4.43. The second-order valence-electron chi connectivity index (χ2n) is 6.64. The fourth-order valence-corrected chi connectivity index (χ4v) is 3.55. The van der Waals surface area contributed by atoms with E-state index in [0.29, 0.717) is 11.1 Å². The minimum atomic E-state index is 0.0326. The fraction of sp³-hybridized carbons (Fsp3) is 0.0833. The molecule has 0 spiro atoms. The normalized spacial score (nSPS) is 10.9. The summed E-state index contributed by atoms with van der Waals surface area (Å²) in [5.74, 6) is 0.0326. The number of Topliss-reactive ketones (excluding diaryl/α,β-unsaturated/α-hetero) is 1. The molecule has 0 aliphatic rings. The van der Waals surface area contributed by atoms with Gasteiger partial charge in [-0.15, -0.1) is 0 Å². The van der Waals surface area contributed by atoms with E-state index in [-0.39, 0.29) is 12.2 Å². The fourth-order valence-electron chi connectivity index (χ4n) is 3.55. The maximum absolute atomic E-state index is 12.9. The van der Waals surface area contributed by atoms with Gasteiger partial charge in [0.1, 0.15) is 0 Å². The van der Waals surface area contributed by atoms with Gasteiger partial charge in [0, 0.05) is 28.6 Å². The number of carbonyl (C=O) groups is 2. The predicted octanol–water partition coefficient (Wildman–Crippen LogP) is 5.15. The van der Waals surface area contributed by atoms with Crippen molar-refractivity contribution in [2.75, 3.05) is 0 Å². The number of hydrogen-bond acceptors (Lipinski definition) is 2. The molecule has 0 bridgehead atoms. The summed E-state index contributed by atoms with van der Waals surface area (Å²) in [6, 6.07) is 23.0. The molecule has 132 valence electrons. The summed E-state index contributed by atoms with van der Waals surface area (Å²) in [7, 11) is 0. The molecule has 3 nitrogen and oxygen atoms in total. The number of hydrogen-bond donors (Lipinski definition) is 0. The first kappa shape index (κ1) is 17.0. The molecule has 0 saturated carbocycles. The molecule has 0 aliphatic carbocycles. The standard InChI is InChI=1S/C24H19NO2/c1-17-12-13-25-21(14-17)20(16-26)24(19-10-6-3-7-11-19)22(25)15-23(27)18-8-4-2-5-9-18/h2-14,16H,15H2,1H3. The SMILES string of the molecule is Cc1ccn2c(CC(=O)c3ccccc3)c(-c3ccccc3)c(C=O)c2c1. The van der Waals surface area contributed by atoms with Gasteiger partial charge in [-0.25, -0.2) is 0 Å². The number of nitrogens with zero attached hydrogens (tertiary/aromatic N) is 1. The minimum Gasteiger partial charge on any atom is -0.319 e. The van der Waals surface area contributed by atoms with Crippen LogP contribution in [0.1, 0.15) is 32.0 Å². The summed E-state index contributed by atoms with van der Waals surface area (Å²) in [4.78, 5) is 24.9. The molecule has 0 saturated heterocycles. The van der Waals surface area contributed by atoms with Gasteiger partial charge in [0.05, 0.1) is 11.9 Å². The topological polar surface area (TPSA) is 38.5 Å². The number of pyridine rings is 1. The Morgan fingerprint density at radius 1 is 0.963 bits per heavy atom. The molecule has 4 aromatic rings. The largest absolute Gasteiger partial charge is 0.319 e. The third-order valence-corrected chi connectivity index (χ3v) is 4.84. The van der Waals surface area contributed by atoms with Crippen LogP contribution in [0.3, 0.4) is 0 Å². The van der Waals surface area contributed by atoms with Crippen LogP contribution in [-0.2, 0) is 6.42 Å². The van der Waals surface area contributed by atoms with Crippen LogP contribution in [-0.4, -0.2) is 16.5 Å². The van der Waals surface area contributed by atoms with E-state index in [1.807, 2.05) is 90.3 Å². The van der Waals surface area contributed by atoms with E-state index >= 15 is 0 Å². The van der Waals surface area contributed by atoms with Crippen molar-refractivity contribution in [1.29, 1.82) is 0 Å². The molecule has 0 aliphatic heterocycles. The highest BCUT2D eigenvalue weighted by Crippen LogP contribution is 2.33. The van der Waals surface area contributed by atoms with E-state index in [1.54, 1.807) is 0 Å². The van der Waals surface area contributed by atoms with Crippen molar-refractivity contribution in [1.82, 2.24) is 4.40 Å². The Morgan fingerprint density at radius 3 is 2.30 bits per heavy atom. The van der Waals surface area contributed by atoms with Gasteiger partial charge in [0.2, 0.25) is 0 Å². The van der Waals surface area contributed by atoms with Crippen LogP contribution < -0.4 is 0 Å².